The topological polar surface area (TPSA) is 32.3 Å². The molecule has 1 N–H and O–H groups in total. The first-order valence-electron chi connectivity index (χ1n) is 5.11. The summed E-state index contributed by atoms with van der Waals surface area (Å²) in [5.41, 5.74) is 0. The second-order valence-corrected chi connectivity index (χ2v) is 3.47. The predicted octanol–water partition coefficient (Wildman–Crippen LogP) is 1.10. The van der Waals surface area contributed by atoms with Crippen LogP contribution in [0.15, 0.2) is 0 Å². The van der Waals surface area contributed by atoms with E-state index < -0.39 is 0 Å². The van der Waals surface area contributed by atoms with Crippen LogP contribution in [0.1, 0.15) is 27.7 Å². The SMILES string of the molecule is CCN(CC)CCNC(=O)C(C)C. The van der Waals surface area contributed by atoms with Gasteiger partial charge < -0.3 is 10.2 Å². The van der Waals surface area contributed by atoms with Crippen molar-refractivity contribution in [3.8, 4) is 0 Å². The third-order valence-electron chi connectivity index (χ3n) is 2.15. The van der Waals surface area contributed by atoms with E-state index in [4.69, 9.17) is 0 Å². The predicted molar refractivity (Wildman–Crippen MR) is 55.6 cm³/mol. The van der Waals surface area contributed by atoms with Crippen LogP contribution in [0.3, 0.4) is 0 Å². The normalized spacial score (nSPS) is 10.9. The second-order valence-electron chi connectivity index (χ2n) is 3.47. The molecule has 0 fully saturated rings. The molecule has 0 aromatic rings. The molecule has 0 saturated heterocycles. The van der Waals surface area contributed by atoms with Gasteiger partial charge in [-0.1, -0.05) is 27.7 Å². The molecule has 0 spiro atoms. The van der Waals surface area contributed by atoms with Crippen LogP contribution >= 0.6 is 0 Å². The summed E-state index contributed by atoms with van der Waals surface area (Å²) in [6, 6.07) is 0. The first kappa shape index (κ1) is 12.4. The molecule has 0 saturated carbocycles. The Morgan fingerprint density at radius 1 is 1.31 bits per heavy atom. The highest BCUT2D eigenvalue weighted by Crippen LogP contribution is 1.90. The highest BCUT2D eigenvalue weighted by Gasteiger charge is 2.05. The fraction of sp³-hybridized carbons (Fsp3) is 0.900. The standard InChI is InChI=1S/C10H22N2O/c1-5-12(6-2)8-7-11-10(13)9(3)4/h9H,5-8H2,1-4H3,(H,11,13). The van der Waals surface area contributed by atoms with Gasteiger partial charge in [-0.15, -0.1) is 0 Å². The Morgan fingerprint density at radius 3 is 2.23 bits per heavy atom. The van der Waals surface area contributed by atoms with Gasteiger partial charge in [-0.25, -0.2) is 0 Å². The Bertz CT molecular complexity index is 142. The maximum absolute atomic E-state index is 11.2. The lowest BCUT2D eigenvalue weighted by molar-refractivity contribution is -0.124. The van der Waals surface area contributed by atoms with Gasteiger partial charge in [-0.2, -0.15) is 0 Å². The molecule has 78 valence electrons. The van der Waals surface area contributed by atoms with Crippen molar-refractivity contribution in [2.24, 2.45) is 5.92 Å². The quantitative estimate of drug-likeness (QED) is 0.673. The van der Waals surface area contributed by atoms with Gasteiger partial charge >= 0.3 is 0 Å². The van der Waals surface area contributed by atoms with Crippen molar-refractivity contribution in [2.75, 3.05) is 26.2 Å². The summed E-state index contributed by atoms with van der Waals surface area (Å²) >= 11 is 0. The molecule has 0 aliphatic heterocycles. The van der Waals surface area contributed by atoms with Gasteiger partial charge in [0.25, 0.3) is 0 Å². The monoisotopic (exact) mass is 186 g/mol. The zero-order valence-corrected chi connectivity index (χ0v) is 9.26. The molecule has 1 amide bonds. The lowest BCUT2D eigenvalue weighted by Crippen LogP contribution is -2.36. The van der Waals surface area contributed by atoms with Gasteiger partial charge in [0.2, 0.25) is 5.91 Å². The Hall–Kier alpha value is -0.570. The van der Waals surface area contributed by atoms with Gasteiger partial charge in [0.1, 0.15) is 0 Å². The molecule has 0 rings (SSSR count). The lowest BCUT2D eigenvalue weighted by Gasteiger charge is -2.18. The van der Waals surface area contributed by atoms with E-state index in [1.807, 2.05) is 13.8 Å². The summed E-state index contributed by atoms with van der Waals surface area (Å²) in [5, 5.41) is 2.90. The van der Waals surface area contributed by atoms with E-state index in [2.05, 4.69) is 24.1 Å². The fourth-order valence-corrected chi connectivity index (χ4v) is 1.08. The van der Waals surface area contributed by atoms with Crippen LogP contribution in [0.2, 0.25) is 0 Å². The van der Waals surface area contributed by atoms with Crippen LogP contribution < -0.4 is 5.32 Å². The molecule has 0 unspecified atom stereocenters. The van der Waals surface area contributed by atoms with Crippen molar-refractivity contribution in [3.05, 3.63) is 0 Å². The Balaban J connectivity index is 3.49. The number of likely N-dealkylation sites (N-methyl/N-ethyl adjacent to an activating group) is 1. The Morgan fingerprint density at radius 2 is 1.85 bits per heavy atom. The molecule has 0 radical (unpaired) electrons. The first-order valence-corrected chi connectivity index (χ1v) is 5.11. The fourth-order valence-electron chi connectivity index (χ4n) is 1.08. The van der Waals surface area contributed by atoms with Gasteiger partial charge in [-0.3, -0.25) is 4.79 Å². The van der Waals surface area contributed by atoms with Gasteiger partial charge in [-0.05, 0) is 13.1 Å². The van der Waals surface area contributed by atoms with Crippen LogP contribution in [0.4, 0.5) is 0 Å². The molecular weight excluding hydrogens is 164 g/mol. The van der Waals surface area contributed by atoms with E-state index in [1.165, 1.54) is 0 Å². The average molecular weight is 186 g/mol. The van der Waals surface area contributed by atoms with Crippen LogP contribution in [0, 0.1) is 5.92 Å². The van der Waals surface area contributed by atoms with Crippen molar-refractivity contribution in [1.29, 1.82) is 0 Å². The molecule has 3 heteroatoms. The Kier molecular flexibility index (Phi) is 6.59. The molecule has 0 aromatic heterocycles. The van der Waals surface area contributed by atoms with Crippen molar-refractivity contribution in [2.45, 2.75) is 27.7 Å². The molecule has 0 heterocycles. The van der Waals surface area contributed by atoms with Crippen LogP contribution in [-0.2, 0) is 4.79 Å². The number of carbonyl (C=O) groups excluding carboxylic acids is 1. The van der Waals surface area contributed by atoms with Crippen LogP contribution in [0.5, 0.6) is 0 Å². The van der Waals surface area contributed by atoms with Crippen LogP contribution in [0.25, 0.3) is 0 Å². The number of nitrogens with zero attached hydrogens (tertiary/aromatic N) is 1. The molecule has 0 aliphatic carbocycles. The van der Waals surface area contributed by atoms with Gasteiger partial charge in [0, 0.05) is 19.0 Å². The number of rotatable bonds is 6. The maximum atomic E-state index is 11.2. The molecule has 0 bridgehead atoms. The second kappa shape index (κ2) is 6.89. The number of hydrogen-bond acceptors (Lipinski definition) is 2. The van der Waals surface area contributed by atoms with Crippen molar-refractivity contribution in [3.63, 3.8) is 0 Å². The van der Waals surface area contributed by atoms with E-state index in [-0.39, 0.29) is 11.8 Å². The van der Waals surface area contributed by atoms with Crippen molar-refractivity contribution >= 4 is 5.91 Å². The van der Waals surface area contributed by atoms with E-state index in [9.17, 15) is 4.79 Å². The van der Waals surface area contributed by atoms with Gasteiger partial charge in [0.15, 0.2) is 0 Å². The molecule has 0 atom stereocenters. The highest BCUT2D eigenvalue weighted by molar-refractivity contribution is 5.77. The summed E-state index contributed by atoms with van der Waals surface area (Å²) < 4.78 is 0. The van der Waals surface area contributed by atoms with E-state index in [0.717, 1.165) is 26.2 Å². The summed E-state index contributed by atoms with van der Waals surface area (Å²) in [5.74, 6) is 0.240. The number of carbonyl (C=O) groups is 1. The summed E-state index contributed by atoms with van der Waals surface area (Å²) in [6.45, 7) is 11.9. The van der Waals surface area contributed by atoms with Gasteiger partial charge in [0.05, 0.1) is 0 Å². The molecule has 13 heavy (non-hydrogen) atoms. The molecule has 0 aromatic carbocycles. The largest absolute Gasteiger partial charge is 0.355 e. The molecule has 3 nitrogen and oxygen atoms in total. The third kappa shape index (κ3) is 5.64. The lowest BCUT2D eigenvalue weighted by atomic mass is 10.2. The van der Waals surface area contributed by atoms with E-state index in [0.29, 0.717) is 0 Å². The summed E-state index contributed by atoms with van der Waals surface area (Å²) in [6.07, 6.45) is 0. The number of hydrogen-bond donors (Lipinski definition) is 1. The molecular formula is C10H22N2O. The zero-order valence-electron chi connectivity index (χ0n) is 9.26. The molecule has 0 aliphatic rings. The minimum absolute atomic E-state index is 0.0942. The average Bonchev–Trinajstić information content (AvgIpc) is 2.12. The van der Waals surface area contributed by atoms with Crippen LogP contribution in [-0.4, -0.2) is 37.0 Å². The van der Waals surface area contributed by atoms with E-state index >= 15 is 0 Å². The number of amides is 1. The minimum Gasteiger partial charge on any atom is -0.355 e. The minimum atomic E-state index is 0.0942. The smallest absolute Gasteiger partial charge is 0.222 e. The summed E-state index contributed by atoms with van der Waals surface area (Å²) in [4.78, 5) is 13.5. The zero-order chi connectivity index (χ0) is 10.3. The first-order chi connectivity index (χ1) is 6.11. The Labute approximate surface area is 81.5 Å². The maximum Gasteiger partial charge on any atom is 0.222 e. The van der Waals surface area contributed by atoms with Crippen molar-refractivity contribution in [1.82, 2.24) is 10.2 Å². The van der Waals surface area contributed by atoms with Crippen molar-refractivity contribution < 1.29 is 4.79 Å². The van der Waals surface area contributed by atoms with E-state index in [1.54, 1.807) is 0 Å². The summed E-state index contributed by atoms with van der Waals surface area (Å²) in [7, 11) is 0. The third-order valence-corrected chi connectivity index (χ3v) is 2.15. The highest BCUT2D eigenvalue weighted by atomic mass is 16.1. The number of nitrogens with one attached hydrogen (secondary N) is 1.